The van der Waals surface area contributed by atoms with Crippen LogP contribution in [0.15, 0.2) is 54.6 Å². The molecule has 0 bridgehead atoms. The third-order valence-electron chi connectivity index (χ3n) is 5.19. The first-order chi connectivity index (χ1) is 14.6. The molecule has 0 unspecified atom stereocenters. The number of anilines is 1. The summed E-state index contributed by atoms with van der Waals surface area (Å²) in [6.07, 6.45) is 3.50. The van der Waals surface area contributed by atoms with E-state index < -0.39 is 0 Å². The van der Waals surface area contributed by atoms with E-state index in [1.807, 2.05) is 48.2 Å². The molecule has 6 nitrogen and oxygen atoms in total. The molecule has 0 spiro atoms. The fraction of sp³-hybridized carbons (Fsp3) is 0.333. The molecule has 2 aromatic rings. The summed E-state index contributed by atoms with van der Waals surface area (Å²) in [5.41, 5.74) is 3.13. The van der Waals surface area contributed by atoms with Gasteiger partial charge >= 0.3 is 0 Å². The number of piperazine rings is 1. The molecule has 0 atom stereocenters. The van der Waals surface area contributed by atoms with Gasteiger partial charge in [0.25, 0.3) is 0 Å². The fourth-order valence-electron chi connectivity index (χ4n) is 3.51. The predicted molar refractivity (Wildman–Crippen MR) is 120 cm³/mol. The van der Waals surface area contributed by atoms with Crippen LogP contribution in [-0.2, 0) is 9.59 Å². The summed E-state index contributed by atoms with van der Waals surface area (Å²) in [7, 11) is 1.60. The summed E-state index contributed by atoms with van der Waals surface area (Å²) >= 11 is 0. The zero-order valence-corrected chi connectivity index (χ0v) is 17.6. The molecule has 1 fully saturated rings. The third-order valence-corrected chi connectivity index (χ3v) is 5.19. The number of methoxy groups -OCH3 is 1. The van der Waals surface area contributed by atoms with Gasteiger partial charge in [-0.05, 0) is 37.3 Å². The normalized spacial score (nSPS) is 14.1. The van der Waals surface area contributed by atoms with E-state index in [4.69, 9.17) is 4.74 Å². The van der Waals surface area contributed by atoms with Crippen LogP contribution < -0.4 is 15.0 Å². The Labute approximate surface area is 178 Å². The zero-order chi connectivity index (χ0) is 21.3. The molecule has 3 rings (SSSR count). The Bertz CT molecular complexity index is 888. The van der Waals surface area contributed by atoms with Crippen molar-refractivity contribution in [2.75, 3.05) is 44.7 Å². The topological polar surface area (TPSA) is 61.9 Å². The highest BCUT2D eigenvalue weighted by Gasteiger charge is 2.20. The van der Waals surface area contributed by atoms with Crippen molar-refractivity contribution in [3.8, 4) is 5.75 Å². The molecule has 1 heterocycles. The van der Waals surface area contributed by atoms with Crippen molar-refractivity contribution in [1.29, 1.82) is 0 Å². The molecule has 0 saturated carbocycles. The molecule has 6 heteroatoms. The van der Waals surface area contributed by atoms with E-state index in [9.17, 15) is 9.59 Å². The summed E-state index contributed by atoms with van der Waals surface area (Å²) in [5.74, 6) is 0.571. The second-order valence-electron chi connectivity index (χ2n) is 7.32. The van der Waals surface area contributed by atoms with Gasteiger partial charge in [0.1, 0.15) is 5.75 Å². The maximum absolute atomic E-state index is 12.4. The number of nitrogens with one attached hydrogen (secondary N) is 1. The number of carbonyl (C=O) groups excluding carboxylic acids is 2. The van der Waals surface area contributed by atoms with Gasteiger partial charge in [-0.25, -0.2) is 0 Å². The minimum absolute atomic E-state index is 0.0762. The van der Waals surface area contributed by atoms with Crippen molar-refractivity contribution >= 4 is 23.6 Å². The van der Waals surface area contributed by atoms with Crippen LogP contribution in [0.3, 0.4) is 0 Å². The Morgan fingerprint density at radius 2 is 1.80 bits per heavy atom. The number of nitrogens with zero attached hydrogens (tertiary/aromatic N) is 2. The summed E-state index contributed by atoms with van der Waals surface area (Å²) in [5, 5.41) is 2.79. The summed E-state index contributed by atoms with van der Waals surface area (Å²) in [4.78, 5) is 28.7. The van der Waals surface area contributed by atoms with Gasteiger partial charge in [-0.2, -0.15) is 0 Å². The quantitative estimate of drug-likeness (QED) is 0.717. The highest BCUT2D eigenvalue weighted by Crippen LogP contribution is 2.21. The maximum atomic E-state index is 12.4. The number of carbonyl (C=O) groups is 2. The molecule has 0 radical (unpaired) electrons. The van der Waals surface area contributed by atoms with Crippen LogP contribution in [0.4, 0.5) is 5.69 Å². The first-order valence-corrected chi connectivity index (χ1v) is 10.2. The number of hydrogen-bond acceptors (Lipinski definition) is 4. The predicted octanol–water partition coefficient (Wildman–Crippen LogP) is 2.87. The lowest BCUT2D eigenvalue weighted by Crippen LogP contribution is -2.49. The second-order valence-corrected chi connectivity index (χ2v) is 7.32. The Balaban J connectivity index is 1.40. The van der Waals surface area contributed by atoms with Crippen LogP contribution in [0, 0.1) is 6.92 Å². The van der Waals surface area contributed by atoms with Crippen LogP contribution in [0.2, 0.25) is 0 Å². The van der Waals surface area contributed by atoms with Crippen LogP contribution in [0.5, 0.6) is 5.75 Å². The molecule has 0 aromatic heterocycles. The number of rotatable bonds is 7. The number of aryl methyl sites for hydroxylation is 1. The van der Waals surface area contributed by atoms with Crippen LogP contribution in [0.1, 0.15) is 17.5 Å². The summed E-state index contributed by atoms with van der Waals surface area (Å²) in [6.45, 7) is 5.36. The number of amides is 2. The molecule has 1 N–H and O–H groups in total. The van der Waals surface area contributed by atoms with E-state index in [-0.39, 0.29) is 11.8 Å². The van der Waals surface area contributed by atoms with Crippen LogP contribution in [0.25, 0.3) is 6.08 Å². The smallest absolute Gasteiger partial charge is 0.244 e. The van der Waals surface area contributed by atoms with Gasteiger partial charge in [0.05, 0.1) is 7.11 Å². The molecule has 1 aliphatic heterocycles. The molecular formula is C24H29N3O3. The molecule has 158 valence electrons. The number of hydrogen-bond donors (Lipinski definition) is 1. The van der Waals surface area contributed by atoms with Gasteiger partial charge in [-0.1, -0.05) is 29.8 Å². The van der Waals surface area contributed by atoms with Crippen LogP contribution in [-0.4, -0.2) is 56.5 Å². The Hall–Kier alpha value is -3.28. The number of benzene rings is 2. The van der Waals surface area contributed by atoms with E-state index >= 15 is 0 Å². The average Bonchev–Trinajstić information content (AvgIpc) is 2.78. The maximum Gasteiger partial charge on any atom is 0.244 e. The van der Waals surface area contributed by atoms with Crippen molar-refractivity contribution in [2.24, 2.45) is 0 Å². The van der Waals surface area contributed by atoms with E-state index in [2.05, 4.69) is 22.3 Å². The monoisotopic (exact) mass is 407 g/mol. The van der Waals surface area contributed by atoms with Crippen molar-refractivity contribution in [2.45, 2.75) is 13.3 Å². The second kappa shape index (κ2) is 10.5. The molecule has 2 aromatic carbocycles. The van der Waals surface area contributed by atoms with Crippen molar-refractivity contribution < 1.29 is 14.3 Å². The van der Waals surface area contributed by atoms with Crippen molar-refractivity contribution in [3.63, 3.8) is 0 Å². The Morgan fingerprint density at radius 1 is 1.07 bits per heavy atom. The van der Waals surface area contributed by atoms with Crippen molar-refractivity contribution in [1.82, 2.24) is 10.2 Å². The van der Waals surface area contributed by atoms with Gasteiger partial charge in [-0.3, -0.25) is 9.59 Å². The fourth-order valence-corrected chi connectivity index (χ4v) is 3.51. The van der Waals surface area contributed by atoms with Gasteiger partial charge < -0.3 is 19.9 Å². The largest absolute Gasteiger partial charge is 0.496 e. The lowest BCUT2D eigenvalue weighted by molar-refractivity contribution is -0.131. The van der Waals surface area contributed by atoms with E-state index in [0.717, 1.165) is 30.0 Å². The van der Waals surface area contributed by atoms with Gasteiger partial charge in [-0.15, -0.1) is 0 Å². The lowest BCUT2D eigenvalue weighted by Gasteiger charge is -2.36. The minimum atomic E-state index is -0.222. The molecule has 1 aliphatic rings. The van der Waals surface area contributed by atoms with E-state index in [0.29, 0.717) is 26.1 Å². The van der Waals surface area contributed by atoms with Gasteiger partial charge in [0.2, 0.25) is 11.8 Å². The number of ether oxygens (including phenoxy) is 1. The standard InChI is InChI=1S/C24H29N3O3/c1-19-8-10-22(30-2)20(18-19)9-11-23(28)25-13-12-24(29)27-16-14-26(15-17-27)21-6-4-3-5-7-21/h3-11,18H,12-17H2,1-2H3,(H,25,28)/b11-9+. The van der Waals surface area contributed by atoms with Crippen LogP contribution >= 0.6 is 0 Å². The highest BCUT2D eigenvalue weighted by molar-refractivity contribution is 5.92. The SMILES string of the molecule is COc1ccc(C)cc1/C=C/C(=O)NCCC(=O)N1CCN(c2ccccc2)CC1. The van der Waals surface area contributed by atoms with Crippen molar-refractivity contribution in [3.05, 3.63) is 65.7 Å². The lowest BCUT2D eigenvalue weighted by atomic mass is 10.1. The first-order valence-electron chi connectivity index (χ1n) is 10.2. The summed E-state index contributed by atoms with van der Waals surface area (Å²) in [6, 6.07) is 16.0. The number of para-hydroxylation sites is 1. The molecule has 2 amide bonds. The average molecular weight is 408 g/mol. The summed E-state index contributed by atoms with van der Waals surface area (Å²) < 4.78 is 5.31. The van der Waals surface area contributed by atoms with Gasteiger partial charge in [0.15, 0.2) is 0 Å². The molecular weight excluding hydrogens is 378 g/mol. The van der Waals surface area contributed by atoms with Gasteiger partial charge in [0, 0.05) is 56.5 Å². The minimum Gasteiger partial charge on any atom is -0.496 e. The molecule has 0 aliphatic carbocycles. The van der Waals surface area contributed by atoms with E-state index in [1.165, 1.54) is 11.8 Å². The first kappa shape index (κ1) is 21.4. The molecule has 30 heavy (non-hydrogen) atoms. The Kier molecular flexibility index (Phi) is 7.49. The van der Waals surface area contributed by atoms with E-state index in [1.54, 1.807) is 13.2 Å². The molecule has 1 saturated heterocycles. The third kappa shape index (κ3) is 5.86. The Morgan fingerprint density at radius 3 is 2.50 bits per heavy atom. The highest BCUT2D eigenvalue weighted by atomic mass is 16.5. The zero-order valence-electron chi connectivity index (χ0n) is 17.6.